The van der Waals surface area contributed by atoms with E-state index in [1.165, 1.54) is 6.07 Å². The number of nitrogens with one attached hydrogen (secondary N) is 1. The second-order valence-corrected chi connectivity index (χ2v) is 6.55. The van der Waals surface area contributed by atoms with Crippen LogP contribution in [0.25, 0.3) is 11.1 Å². The third kappa shape index (κ3) is 3.02. The first-order valence-electron chi connectivity index (χ1n) is 8.74. The average molecular weight is 381 g/mol. The van der Waals surface area contributed by atoms with E-state index < -0.39 is 0 Å². The van der Waals surface area contributed by atoms with Gasteiger partial charge in [0.15, 0.2) is 6.61 Å². The number of rotatable bonds is 4. The largest absolute Gasteiger partial charge is 0.496 e. The Bertz CT molecular complexity index is 1080. The van der Waals surface area contributed by atoms with Gasteiger partial charge in [-0.15, -0.1) is 0 Å². The fourth-order valence-corrected chi connectivity index (χ4v) is 3.36. The van der Waals surface area contributed by atoms with Crippen LogP contribution in [0.4, 0.5) is 5.69 Å². The molecule has 0 aliphatic carbocycles. The summed E-state index contributed by atoms with van der Waals surface area (Å²) in [6.07, 6.45) is 1.60. The highest BCUT2D eigenvalue weighted by atomic mass is 16.5. The molecule has 4 rings (SSSR count). The Kier molecular flexibility index (Phi) is 4.38. The average Bonchev–Trinajstić information content (AvgIpc) is 3.03. The zero-order valence-electron chi connectivity index (χ0n) is 15.7. The Balaban J connectivity index is 1.80. The zero-order chi connectivity index (χ0) is 19.8. The Morgan fingerprint density at radius 1 is 1.25 bits per heavy atom. The highest BCUT2D eigenvalue weighted by molar-refractivity contribution is 5.99. The van der Waals surface area contributed by atoms with Crippen molar-refractivity contribution >= 4 is 11.6 Å². The summed E-state index contributed by atoms with van der Waals surface area (Å²) in [7, 11) is 1.57. The summed E-state index contributed by atoms with van der Waals surface area (Å²) < 4.78 is 16.5. The number of nitrogens with zero attached hydrogens (tertiary/aromatic N) is 2. The van der Waals surface area contributed by atoms with Crippen LogP contribution in [-0.2, 0) is 11.3 Å². The molecule has 1 N–H and O–H groups in total. The van der Waals surface area contributed by atoms with Gasteiger partial charge in [-0.3, -0.25) is 9.59 Å². The third-order valence-electron chi connectivity index (χ3n) is 4.72. The monoisotopic (exact) mass is 381 g/mol. The number of carbonyl (C=O) groups is 1. The predicted molar refractivity (Wildman–Crippen MR) is 102 cm³/mol. The molecule has 0 saturated carbocycles. The van der Waals surface area contributed by atoms with Crippen LogP contribution in [0.3, 0.4) is 0 Å². The normalized spacial score (nSPS) is 13.2. The van der Waals surface area contributed by atoms with Crippen LogP contribution in [0.2, 0.25) is 0 Å². The lowest BCUT2D eigenvalue weighted by molar-refractivity contribution is -0.121. The minimum absolute atomic E-state index is 0.0658. The number of amides is 1. The van der Waals surface area contributed by atoms with Crippen LogP contribution in [0.15, 0.2) is 39.8 Å². The van der Waals surface area contributed by atoms with E-state index >= 15 is 0 Å². The van der Waals surface area contributed by atoms with Crippen LogP contribution in [0.1, 0.15) is 17.0 Å². The summed E-state index contributed by atoms with van der Waals surface area (Å²) >= 11 is 0. The molecule has 1 aromatic carbocycles. The number of aromatic nitrogens is 2. The molecule has 8 nitrogen and oxygen atoms in total. The molecule has 1 aliphatic heterocycles. The highest BCUT2D eigenvalue weighted by Crippen LogP contribution is 2.44. The highest BCUT2D eigenvalue weighted by Gasteiger charge is 2.29. The number of pyridine rings is 1. The molecule has 1 aliphatic rings. The fraction of sp³-hybridized carbons (Fsp3) is 0.250. The fourth-order valence-electron chi connectivity index (χ4n) is 3.36. The molecule has 1 amide bonds. The second-order valence-electron chi connectivity index (χ2n) is 6.55. The van der Waals surface area contributed by atoms with Gasteiger partial charge in [0.05, 0.1) is 30.6 Å². The van der Waals surface area contributed by atoms with Gasteiger partial charge in [0.2, 0.25) is 5.56 Å². The van der Waals surface area contributed by atoms with Crippen LogP contribution in [0, 0.1) is 13.8 Å². The van der Waals surface area contributed by atoms with E-state index in [-0.39, 0.29) is 18.1 Å². The van der Waals surface area contributed by atoms with Crippen LogP contribution in [-0.4, -0.2) is 29.8 Å². The Morgan fingerprint density at radius 2 is 2.07 bits per heavy atom. The Hall–Kier alpha value is -3.55. The van der Waals surface area contributed by atoms with Crippen molar-refractivity contribution in [3.63, 3.8) is 0 Å². The minimum atomic E-state index is -0.191. The first kappa shape index (κ1) is 17.8. The van der Waals surface area contributed by atoms with Crippen LogP contribution < -0.4 is 19.9 Å². The molecule has 0 atom stereocenters. The summed E-state index contributed by atoms with van der Waals surface area (Å²) in [6.45, 7) is 3.93. The number of H-pyrrole nitrogens is 1. The van der Waals surface area contributed by atoms with Gasteiger partial charge in [0.1, 0.15) is 17.3 Å². The van der Waals surface area contributed by atoms with Gasteiger partial charge in [-0.2, -0.15) is 0 Å². The quantitative estimate of drug-likeness (QED) is 0.746. The molecule has 2 aromatic heterocycles. The topological polar surface area (TPSA) is 97.7 Å². The third-order valence-corrected chi connectivity index (χ3v) is 4.72. The van der Waals surface area contributed by atoms with Crippen molar-refractivity contribution in [1.29, 1.82) is 0 Å². The number of hydrogen-bond donors (Lipinski definition) is 1. The van der Waals surface area contributed by atoms with Crippen LogP contribution >= 0.6 is 0 Å². The number of fused-ring (bicyclic) bond motifs is 1. The molecule has 0 bridgehead atoms. The number of aromatic amines is 1. The Labute approximate surface area is 160 Å². The first-order valence-corrected chi connectivity index (χ1v) is 8.74. The molecule has 28 heavy (non-hydrogen) atoms. The summed E-state index contributed by atoms with van der Waals surface area (Å²) in [5.41, 5.74) is 3.59. The lowest BCUT2D eigenvalue weighted by Gasteiger charge is -2.30. The smallest absolute Gasteiger partial charge is 0.265 e. The van der Waals surface area contributed by atoms with Gasteiger partial charge >= 0.3 is 0 Å². The Morgan fingerprint density at radius 3 is 2.71 bits per heavy atom. The molecule has 0 fully saturated rings. The van der Waals surface area contributed by atoms with Gasteiger partial charge in [-0.05, 0) is 25.5 Å². The first-order chi connectivity index (χ1) is 13.5. The van der Waals surface area contributed by atoms with Crippen molar-refractivity contribution in [2.45, 2.75) is 20.4 Å². The van der Waals surface area contributed by atoms with E-state index in [1.807, 2.05) is 19.9 Å². The standard InChI is InChI=1S/C20H19N3O5/c1-11-20(12(2)28-22-11)14-6-17-15(7-16(14)26-3)23(19(25)10-27-17)9-13-4-5-18(24)21-8-13/h4-8H,9-10H2,1-3H3,(H,21,24). The van der Waals surface area contributed by atoms with Gasteiger partial charge < -0.3 is 23.9 Å². The minimum Gasteiger partial charge on any atom is -0.496 e. The summed E-state index contributed by atoms with van der Waals surface area (Å²) in [5.74, 6) is 1.65. The van der Waals surface area contributed by atoms with Crippen LogP contribution in [0.5, 0.6) is 11.5 Å². The molecule has 3 heterocycles. The van der Waals surface area contributed by atoms with Gasteiger partial charge in [0.25, 0.3) is 5.91 Å². The number of carbonyl (C=O) groups excluding carboxylic acids is 1. The number of benzene rings is 1. The lowest BCUT2D eigenvalue weighted by Crippen LogP contribution is -2.38. The molecular weight excluding hydrogens is 362 g/mol. The zero-order valence-corrected chi connectivity index (χ0v) is 15.7. The van der Waals surface area contributed by atoms with E-state index in [4.69, 9.17) is 14.0 Å². The number of ether oxygens (including phenoxy) is 2. The molecule has 8 heteroatoms. The molecule has 0 radical (unpaired) electrons. The van der Waals surface area contributed by atoms with E-state index in [1.54, 1.807) is 30.3 Å². The predicted octanol–water partition coefficient (Wildman–Crippen LogP) is 2.58. The second kappa shape index (κ2) is 6.88. The number of hydrogen-bond acceptors (Lipinski definition) is 6. The van der Waals surface area contributed by atoms with Crippen molar-refractivity contribution in [3.05, 3.63) is 57.8 Å². The SMILES string of the molecule is COc1cc2c(cc1-c1c(C)noc1C)OCC(=O)N2Cc1ccc(=O)[nH]c1. The molecule has 144 valence electrons. The van der Waals surface area contributed by atoms with Crippen molar-refractivity contribution in [2.75, 3.05) is 18.6 Å². The number of aryl methyl sites for hydroxylation is 2. The number of anilines is 1. The van der Waals surface area contributed by atoms with Crippen molar-refractivity contribution in [2.24, 2.45) is 0 Å². The van der Waals surface area contributed by atoms with Gasteiger partial charge in [-0.25, -0.2) is 0 Å². The molecular formula is C20H19N3O5. The molecule has 0 saturated heterocycles. The van der Waals surface area contributed by atoms with E-state index in [0.717, 1.165) is 22.4 Å². The van der Waals surface area contributed by atoms with Crippen molar-refractivity contribution < 1.29 is 18.8 Å². The maximum Gasteiger partial charge on any atom is 0.265 e. The van der Waals surface area contributed by atoms with E-state index in [9.17, 15) is 9.59 Å². The lowest BCUT2D eigenvalue weighted by atomic mass is 10.0. The maximum atomic E-state index is 12.5. The van der Waals surface area contributed by atoms with E-state index in [0.29, 0.717) is 29.5 Å². The van der Waals surface area contributed by atoms with E-state index in [2.05, 4.69) is 10.1 Å². The molecule has 0 spiro atoms. The van der Waals surface area contributed by atoms with Crippen molar-refractivity contribution in [1.82, 2.24) is 10.1 Å². The summed E-state index contributed by atoms with van der Waals surface area (Å²) in [6, 6.07) is 6.74. The maximum absolute atomic E-state index is 12.5. The van der Waals surface area contributed by atoms with Crippen molar-refractivity contribution in [3.8, 4) is 22.6 Å². The molecule has 0 unspecified atom stereocenters. The van der Waals surface area contributed by atoms with Gasteiger partial charge in [-0.1, -0.05) is 11.2 Å². The summed E-state index contributed by atoms with van der Waals surface area (Å²) in [5, 5.41) is 4.01. The van der Waals surface area contributed by atoms with Gasteiger partial charge in [0, 0.05) is 23.9 Å². The summed E-state index contributed by atoms with van der Waals surface area (Å²) in [4.78, 5) is 28.0. The number of methoxy groups -OCH3 is 1. The molecule has 3 aromatic rings.